The van der Waals surface area contributed by atoms with E-state index in [2.05, 4.69) is 4.98 Å². The molecule has 1 aromatic heterocycles. The minimum Gasteiger partial charge on any atom is -0.353 e. The first-order valence-corrected chi connectivity index (χ1v) is 4.69. The SMILES string of the molecule is Cc1cnc(N2CC(N)C2)cc1[N+](=O)[O-]. The monoisotopic (exact) mass is 208 g/mol. The molecule has 2 rings (SSSR count). The van der Waals surface area contributed by atoms with Gasteiger partial charge in [-0.05, 0) is 6.92 Å². The van der Waals surface area contributed by atoms with Crippen LogP contribution in [0, 0.1) is 17.0 Å². The van der Waals surface area contributed by atoms with Gasteiger partial charge in [0, 0.05) is 30.9 Å². The maximum absolute atomic E-state index is 10.7. The zero-order valence-electron chi connectivity index (χ0n) is 8.38. The summed E-state index contributed by atoms with van der Waals surface area (Å²) in [5.74, 6) is 0.633. The maximum atomic E-state index is 10.7. The molecule has 15 heavy (non-hydrogen) atoms. The van der Waals surface area contributed by atoms with E-state index in [0.29, 0.717) is 24.5 Å². The molecule has 2 N–H and O–H groups in total. The van der Waals surface area contributed by atoms with Crippen molar-refractivity contribution in [3.8, 4) is 0 Å². The van der Waals surface area contributed by atoms with Crippen LogP contribution in [0.5, 0.6) is 0 Å². The molecule has 0 aromatic carbocycles. The summed E-state index contributed by atoms with van der Waals surface area (Å²) in [6.45, 7) is 3.11. The van der Waals surface area contributed by atoms with Gasteiger partial charge in [0.2, 0.25) is 0 Å². The van der Waals surface area contributed by atoms with Gasteiger partial charge in [-0.2, -0.15) is 0 Å². The zero-order valence-corrected chi connectivity index (χ0v) is 8.38. The third kappa shape index (κ3) is 1.75. The van der Waals surface area contributed by atoms with E-state index in [1.54, 1.807) is 6.92 Å². The van der Waals surface area contributed by atoms with Crippen LogP contribution in [0.3, 0.4) is 0 Å². The van der Waals surface area contributed by atoms with Crippen molar-refractivity contribution in [2.45, 2.75) is 13.0 Å². The molecule has 0 radical (unpaired) electrons. The second-order valence-corrected chi connectivity index (χ2v) is 3.75. The fourth-order valence-electron chi connectivity index (χ4n) is 1.57. The molecular weight excluding hydrogens is 196 g/mol. The van der Waals surface area contributed by atoms with Crippen molar-refractivity contribution in [1.29, 1.82) is 0 Å². The van der Waals surface area contributed by atoms with Gasteiger partial charge in [-0.15, -0.1) is 0 Å². The summed E-state index contributed by atoms with van der Waals surface area (Å²) in [6.07, 6.45) is 1.53. The first-order valence-electron chi connectivity index (χ1n) is 4.69. The lowest BCUT2D eigenvalue weighted by Gasteiger charge is -2.37. The highest BCUT2D eigenvalue weighted by molar-refractivity contribution is 5.52. The average molecular weight is 208 g/mol. The van der Waals surface area contributed by atoms with Crippen molar-refractivity contribution in [3.05, 3.63) is 27.9 Å². The second-order valence-electron chi connectivity index (χ2n) is 3.75. The Bertz CT molecular complexity index is 401. The number of nitrogens with two attached hydrogens (primary N) is 1. The first-order chi connectivity index (χ1) is 7.08. The number of aromatic nitrogens is 1. The molecule has 1 fully saturated rings. The van der Waals surface area contributed by atoms with Gasteiger partial charge in [0.1, 0.15) is 5.82 Å². The lowest BCUT2D eigenvalue weighted by atomic mass is 10.1. The summed E-state index contributed by atoms with van der Waals surface area (Å²) in [4.78, 5) is 16.4. The molecule has 0 amide bonds. The van der Waals surface area contributed by atoms with Gasteiger partial charge in [-0.1, -0.05) is 0 Å². The van der Waals surface area contributed by atoms with E-state index in [-0.39, 0.29) is 16.7 Å². The Balaban J connectivity index is 2.27. The Morgan fingerprint density at radius 2 is 2.33 bits per heavy atom. The van der Waals surface area contributed by atoms with Gasteiger partial charge in [0.25, 0.3) is 5.69 Å². The van der Waals surface area contributed by atoms with Gasteiger partial charge in [0.05, 0.1) is 11.0 Å². The molecule has 6 heteroatoms. The standard InChI is InChI=1S/C9H12N4O2/c1-6-3-11-9(2-8(6)13(14)15)12-4-7(10)5-12/h2-3,7H,4-5,10H2,1H3. The van der Waals surface area contributed by atoms with Crippen LogP contribution in [0.1, 0.15) is 5.56 Å². The molecule has 1 saturated heterocycles. The van der Waals surface area contributed by atoms with Gasteiger partial charge in [-0.25, -0.2) is 4.98 Å². The van der Waals surface area contributed by atoms with Crippen LogP contribution in [-0.4, -0.2) is 29.0 Å². The number of aryl methyl sites for hydroxylation is 1. The lowest BCUT2D eigenvalue weighted by molar-refractivity contribution is -0.385. The summed E-state index contributed by atoms with van der Waals surface area (Å²) in [6, 6.07) is 1.66. The smallest absolute Gasteiger partial charge is 0.277 e. The van der Waals surface area contributed by atoms with Crippen molar-refractivity contribution in [2.24, 2.45) is 5.73 Å². The Kier molecular flexibility index (Phi) is 2.28. The van der Waals surface area contributed by atoms with Gasteiger partial charge >= 0.3 is 0 Å². The molecule has 2 heterocycles. The second kappa shape index (κ2) is 3.47. The summed E-state index contributed by atoms with van der Waals surface area (Å²) in [5.41, 5.74) is 6.32. The number of hydrogen-bond donors (Lipinski definition) is 1. The Morgan fingerprint density at radius 1 is 1.67 bits per heavy atom. The highest BCUT2D eigenvalue weighted by Crippen LogP contribution is 2.24. The fourth-order valence-corrected chi connectivity index (χ4v) is 1.57. The number of nitrogens with zero attached hydrogens (tertiary/aromatic N) is 3. The van der Waals surface area contributed by atoms with Crippen LogP contribution in [0.25, 0.3) is 0 Å². The highest BCUT2D eigenvalue weighted by atomic mass is 16.6. The minimum absolute atomic E-state index is 0.112. The molecule has 1 aliphatic rings. The van der Waals surface area contributed by atoms with Crippen molar-refractivity contribution < 1.29 is 4.92 Å². The van der Waals surface area contributed by atoms with E-state index >= 15 is 0 Å². The highest BCUT2D eigenvalue weighted by Gasteiger charge is 2.25. The van der Waals surface area contributed by atoms with Gasteiger partial charge in [-0.3, -0.25) is 10.1 Å². The molecule has 1 aliphatic heterocycles. The minimum atomic E-state index is -0.389. The third-order valence-corrected chi connectivity index (χ3v) is 2.49. The average Bonchev–Trinajstić information content (AvgIpc) is 2.14. The molecule has 1 aromatic rings. The Morgan fingerprint density at radius 3 is 2.87 bits per heavy atom. The Labute approximate surface area is 86.9 Å². The summed E-state index contributed by atoms with van der Waals surface area (Å²) in [7, 11) is 0. The Hall–Kier alpha value is -1.69. The molecule has 0 saturated carbocycles. The molecule has 0 atom stereocenters. The van der Waals surface area contributed by atoms with Crippen LogP contribution >= 0.6 is 0 Å². The van der Waals surface area contributed by atoms with E-state index in [0.717, 1.165) is 0 Å². The van der Waals surface area contributed by atoms with Crippen LogP contribution < -0.4 is 10.6 Å². The van der Waals surface area contributed by atoms with E-state index in [4.69, 9.17) is 5.73 Å². The van der Waals surface area contributed by atoms with Crippen molar-refractivity contribution in [2.75, 3.05) is 18.0 Å². The normalized spacial score (nSPS) is 16.3. The predicted molar refractivity (Wildman–Crippen MR) is 55.8 cm³/mol. The van der Waals surface area contributed by atoms with E-state index < -0.39 is 0 Å². The molecule has 0 spiro atoms. The lowest BCUT2D eigenvalue weighted by Crippen LogP contribution is -2.56. The first kappa shape index (κ1) is 9.85. The van der Waals surface area contributed by atoms with Crippen molar-refractivity contribution in [1.82, 2.24) is 4.98 Å². The molecule has 0 unspecified atom stereocenters. The third-order valence-electron chi connectivity index (χ3n) is 2.49. The molecule has 0 aliphatic carbocycles. The van der Waals surface area contributed by atoms with Gasteiger partial charge in [0.15, 0.2) is 0 Å². The molecule has 6 nitrogen and oxygen atoms in total. The molecule has 80 valence electrons. The van der Waals surface area contributed by atoms with Gasteiger partial charge < -0.3 is 10.6 Å². The number of hydrogen-bond acceptors (Lipinski definition) is 5. The van der Waals surface area contributed by atoms with Crippen molar-refractivity contribution >= 4 is 11.5 Å². The van der Waals surface area contributed by atoms with Crippen LogP contribution in [0.4, 0.5) is 11.5 Å². The van der Waals surface area contributed by atoms with Crippen LogP contribution in [0.2, 0.25) is 0 Å². The summed E-state index contributed by atoms with van der Waals surface area (Å²) in [5, 5.41) is 10.7. The van der Waals surface area contributed by atoms with E-state index in [9.17, 15) is 10.1 Å². The van der Waals surface area contributed by atoms with E-state index in [1.807, 2.05) is 4.90 Å². The fraction of sp³-hybridized carbons (Fsp3) is 0.444. The van der Waals surface area contributed by atoms with Crippen molar-refractivity contribution in [3.63, 3.8) is 0 Å². The number of rotatable bonds is 2. The predicted octanol–water partition coefficient (Wildman–Crippen LogP) is 0.446. The molecular formula is C9H12N4O2. The van der Waals surface area contributed by atoms with E-state index in [1.165, 1.54) is 12.3 Å². The van der Waals surface area contributed by atoms with Crippen LogP contribution in [0.15, 0.2) is 12.3 Å². The molecule has 0 bridgehead atoms. The summed E-state index contributed by atoms with van der Waals surface area (Å²) < 4.78 is 0. The topological polar surface area (TPSA) is 85.3 Å². The number of pyridine rings is 1. The largest absolute Gasteiger partial charge is 0.353 e. The maximum Gasteiger partial charge on any atom is 0.277 e. The van der Waals surface area contributed by atoms with Crippen LogP contribution in [-0.2, 0) is 0 Å². The quantitative estimate of drug-likeness (QED) is 0.563. The summed E-state index contributed by atoms with van der Waals surface area (Å²) >= 11 is 0. The number of anilines is 1. The number of nitro groups is 1. The zero-order chi connectivity index (χ0) is 11.0.